The summed E-state index contributed by atoms with van der Waals surface area (Å²) in [5.74, 6) is 6.28. The first kappa shape index (κ1) is 26.4. The first-order chi connectivity index (χ1) is 16.6. The normalized spacial score (nSPS) is 19.2. The van der Waals surface area contributed by atoms with Crippen LogP contribution in [-0.4, -0.2) is 61.1 Å². The van der Waals surface area contributed by atoms with E-state index in [1.165, 1.54) is 32.1 Å². The van der Waals surface area contributed by atoms with Crippen LogP contribution in [0.1, 0.15) is 80.7 Å². The molecule has 186 valence electrons. The van der Waals surface area contributed by atoms with Gasteiger partial charge in [-0.15, -0.1) is 0 Å². The molecule has 1 aromatic carbocycles. The number of benzene rings is 1. The summed E-state index contributed by atoms with van der Waals surface area (Å²) in [5.41, 5.74) is 2.59. The second-order valence-corrected chi connectivity index (χ2v) is 9.14. The summed E-state index contributed by atoms with van der Waals surface area (Å²) in [6, 6.07) is 5.86. The minimum absolute atomic E-state index is 0.118. The predicted molar refractivity (Wildman–Crippen MR) is 132 cm³/mol. The van der Waals surface area contributed by atoms with E-state index < -0.39 is 12.3 Å². The SMILES string of the molecule is CNC(=O)CCC(C=O)N1Cc2c(C#CCCOCCCNC3CCCCC3)cccc2C1O. The molecule has 0 radical (unpaired) electrons. The lowest BCUT2D eigenvalue weighted by Crippen LogP contribution is -2.36. The lowest BCUT2D eigenvalue weighted by Gasteiger charge is -2.26. The molecule has 7 nitrogen and oxygen atoms in total. The van der Waals surface area contributed by atoms with Gasteiger partial charge in [0.1, 0.15) is 12.5 Å². The summed E-state index contributed by atoms with van der Waals surface area (Å²) >= 11 is 0. The van der Waals surface area contributed by atoms with Crippen LogP contribution in [0, 0.1) is 11.8 Å². The van der Waals surface area contributed by atoms with Crippen LogP contribution >= 0.6 is 0 Å². The van der Waals surface area contributed by atoms with Gasteiger partial charge in [0.05, 0.1) is 12.6 Å². The van der Waals surface area contributed by atoms with E-state index in [0.29, 0.717) is 32.0 Å². The highest BCUT2D eigenvalue weighted by Gasteiger charge is 2.34. The number of carbonyl (C=O) groups is 2. The molecule has 3 N–H and O–H groups in total. The second-order valence-electron chi connectivity index (χ2n) is 9.14. The van der Waals surface area contributed by atoms with E-state index in [1.54, 1.807) is 11.9 Å². The van der Waals surface area contributed by atoms with E-state index in [9.17, 15) is 14.7 Å². The zero-order valence-corrected chi connectivity index (χ0v) is 20.4. The van der Waals surface area contributed by atoms with Crippen molar-refractivity contribution in [1.29, 1.82) is 0 Å². The summed E-state index contributed by atoms with van der Waals surface area (Å²) in [4.78, 5) is 25.0. The molecule has 1 aliphatic heterocycles. The van der Waals surface area contributed by atoms with Crippen molar-refractivity contribution in [2.45, 2.75) is 82.6 Å². The minimum atomic E-state index is -0.873. The fraction of sp³-hybridized carbons (Fsp3) is 0.630. The van der Waals surface area contributed by atoms with Crippen LogP contribution in [0.25, 0.3) is 0 Å². The Bertz CT molecular complexity index is 857. The highest BCUT2D eigenvalue weighted by atomic mass is 16.5. The fourth-order valence-corrected chi connectivity index (χ4v) is 4.77. The maximum atomic E-state index is 11.7. The van der Waals surface area contributed by atoms with Crippen molar-refractivity contribution in [3.05, 3.63) is 34.9 Å². The number of nitrogens with one attached hydrogen (secondary N) is 2. The molecule has 1 saturated carbocycles. The van der Waals surface area contributed by atoms with E-state index in [0.717, 1.165) is 42.5 Å². The number of amides is 1. The average molecular weight is 470 g/mol. The van der Waals surface area contributed by atoms with Gasteiger partial charge in [-0.2, -0.15) is 0 Å². The Kier molecular flexibility index (Phi) is 11.0. The monoisotopic (exact) mass is 469 g/mol. The molecule has 0 saturated heterocycles. The van der Waals surface area contributed by atoms with Gasteiger partial charge in [0.25, 0.3) is 0 Å². The van der Waals surface area contributed by atoms with E-state index in [-0.39, 0.29) is 12.3 Å². The summed E-state index contributed by atoms with van der Waals surface area (Å²) < 4.78 is 5.73. The number of fused-ring (bicyclic) bond motifs is 1. The van der Waals surface area contributed by atoms with Crippen molar-refractivity contribution in [2.24, 2.45) is 0 Å². The van der Waals surface area contributed by atoms with E-state index in [4.69, 9.17) is 4.74 Å². The molecule has 2 aliphatic rings. The molecular weight excluding hydrogens is 430 g/mol. The van der Waals surface area contributed by atoms with Crippen molar-refractivity contribution < 1.29 is 19.4 Å². The van der Waals surface area contributed by atoms with E-state index in [1.807, 2.05) is 18.2 Å². The number of rotatable bonds is 12. The number of aliphatic hydroxyl groups excluding tert-OH is 1. The second kappa shape index (κ2) is 14.2. The number of hydrogen-bond donors (Lipinski definition) is 3. The first-order valence-corrected chi connectivity index (χ1v) is 12.7. The molecular formula is C27H39N3O4. The molecule has 0 aromatic heterocycles. The van der Waals surface area contributed by atoms with Crippen LogP contribution in [0.15, 0.2) is 18.2 Å². The molecule has 0 bridgehead atoms. The number of hydrogen-bond acceptors (Lipinski definition) is 6. The number of ether oxygens (including phenoxy) is 1. The van der Waals surface area contributed by atoms with E-state index >= 15 is 0 Å². The Balaban J connectivity index is 1.42. The van der Waals surface area contributed by atoms with Gasteiger partial charge in [0, 0.05) is 50.2 Å². The number of carbonyl (C=O) groups excluding carboxylic acids is 2. The third-order valence-electron chi connectivity index (χ3n) is 6.77. The number of aliphatic hydroxyl groups is 1. The Hall–Kier alpha value is -2.24. The fourth-order valence-electron chi connectivity index (χ4n) is 4.77. The summed E-state index contributed by atoms with van der Waals surface area (Å²) in [6.45, 7) is 2.79. The van der Waals surface area contributed by atoms with Crippen molar-refractivity contribution in [2.75, 3.05) is 26.8 Å². The molecule has 1 aliphatic carbocycles. The van der Waals surface area contributed by atoms with Crippen LogP contribution in [0.3, 0.4) is 0 Å². The summed E-state index contributed by atoms with van der Waals surface area (Å²) in [6.07, 6.45) is 8.90. The van der Waals surface area contributed by atoms with E-state index in [2.05, 4.69) is 22.5 Å². The van der Waals surface area contributed by atoms with Crippen molar-refractivity contribution >= 4 is 12.2 Å². The van der Waals surface area contributed by atoms with Crippen LogP contribution in [-0.2, 0) is 20.9 Å². The molecule has 1 aromatic rings. The van der Waals surface area contributed by atoms with Gasteiger partial charge in [0.2, 0.25) is 5.91 Å². The molecule has 2 atom stereocenters. The molecule has 1 amide bonds. The van der Waals surface area contributed by atoms with Crippen LogP contribution < -0.4 is 10.6 Å². The smallest absolute Gasteiger partial charge is 0.219 e. The topological polar surface area (TPSA) is 90.9 Å². The lowest BCUT2D eigenvalue weighted by molar-refractivity contribution is -0.122. The van der Waals surface area contributed by atoms with Gasteiger partial charge in [-0.25, -0.2) is 0 Å². The van der Waals surface area contributed by atoms with Gasteiger partial charge < -0.3 is 25.3 Å². The van der Waals surface area contributed by atoms with Gasteiger partial charge in [0.15, 0.2) is 0 Å². The van der Waals surface area contributed by atoms with Crippen LogP contribution in [0.2, 0.25) is 0 Å². The summed E-state index contributed by atoms with van der Waals surface area (Å²) in [7, 11) is 1.57. The molecule has 3 rings (SSSR count). The largest absolute Gasteiger partial charge is 0.380 e. The Labute approximate surface area is 203 Å². The van der Waals surface area contributed by atoms with Gasteiger partial charge >= 0.3 is 0 Å². The minimum Gasteiger partial charge on any atom is -0.380 e. The third-order valence-corrected chi connectivity index (χ3v) is 6.77. The molecule has 1 fully saturated rings. The molecule has 2 unspecified atom stereocenters. The predicted octanol–water partition coefficient (Wildman–Crippen LogP) is 2.66. The van der Waals surface area contributed by atoms with Crippen LogP contribution in [0.5, 0.6) is 0 Å². The molecule has 1 heterocycles. The quantitative estimate of drug-likeness (QED) is 0.248. The lowest BCUT2D eigenvalue weighted by atomic mass is 9.95. The first-order valence-electron chi connectivity index (χ1n) is 12.7. The van der Waals surface area contributed by atoms with Crippen LogP contribution in [0.4, 0.5) is 0 Å². The maximum absolute atomic E-state index is 11.7. The standard InChI is InChI=1S/C27H39N3O4/c1-28-26(32)15-14-23(20-31)30-19-25-21(10-7-13-24(25)27(30)33)9-5-6-17-34-18-8-16-29-22-11-3-2-4-12-22/h7,10,13,20,22-23,27,29,33H,2-4,6,8,11-12,14-19H2,1H3,(H,28,32). The zero-order chi connectivity index (χ0) is 24.2. The molecule has 7 heteroatoms. The highest BCUT2D eigenvalue weighted by Crippen LogP contribution is 2.35. The van der Waals surface area contributed by atoms with Gasteiger partial charge in [-0.05, 0) is 43.9 Å². The Morgan fingerprint density at radius 1 is 1.29 bits per heavy atom. The number of nitrogens with zero attached hydrogens (tertiary/aromatic N) is 1. The van der Waals surface area contributed by atoms with Gasteiger partial charge in [-0.3, -0.25) is 9.69 Å². The Morgan fingerprint density at radius 2 is 2.12 bits per heavy atom. The summed E-state index contributed by atoms with van der Waals surface area (Å²) in [5, 5.41) is 17.0. The van der Waals surface area contributed by atoms with Crippen molar-refractivity contribution in [1.82, 2.24) is 15.5 Å². The van der Waals surface area contributed by atoms with Crippen molar-refractivity contribution in [3.8, 4) is 11.8 Å². The zero-order valence-electron chi connectivity index (χ0n) is 20.4. The Morgan fingerprint density at radius 3 is 2.88 bits per heavy atom. The van der Waals surface area contributed by atoms with Gasteiger partial charge in [-0.1, -0.05) is 43.2 Å². The third kappa shape index (κ3) is 7.64. The average Bonchev–Trinajstić information content (AvgIpc) is 3.21. The molecule has 34 heavy (non-hydrogen) atoms. The number of aldehydes is 1. The highest BCUT2D eigenvalue weighted by molar-refractivity contribution is 5.76. The molecule has 0 spiro atoms. The van der Waals surface area contributed by atoms with Crippen molar-refractivity contribution in [3.63, 3.8) is 0 Å². The maximum Gasteiger partial charge on any atom is 0.219 e.